The van der Waals surface area contributed by atoms with Crippen molar-refractivity contribution in [2.75, 3.05) is 0 Å². The van der Waals surface area contributed by atoms with E-state index in [2.05, 4.69) is 10.2 Å². The highest BCUT2D eigenvalue weighted by Crippen LogP contribution is 2.26. The van der Waals surface area contributed by atoms with Crippen LogP contribution in [0.4, 0.5) is 4.39 Å². The van der Waals surface area contributed by atoms with E-state index in [9.17, 15) is 4.39 Å². The Morgan fingerprint density at radius 2 is 2.25 bits per heavy atom. The number of rotatable bonds is 2. The smallest absolute Gasteiger partial charge is 0.141 e. The SMILES string of the molecule is Cc1c(-c2ccc(F)c(Cl)c2)n[nH]c1CN. The highest BCUT2D eigenvalue weighted by atomic mass is 35.5. The molecule has 3 nitrogen and oxygen atoms in total. The third kappa shape index (κ3) is 1.81. The molecule has 16 heavy (non-hydrogen) atoms. The first kappa shape index (κ1) is 11.1. The molecule has 0 spiro atoms. The number of halogens is 2. The number of nitrogens with zero attached hydrogens (tertiary/aromatic N) is 1. The largest absolute Gasteiger partial charge is 0.325 e. The van der Waals surface area contributed by atoms with Gasteiger partial charge in [0.1, 0.15) is 5.82 Å². The average molecular weight is 240 g/mol. The van der Waals surface area contributed by atoms with Crippen molar-refractivity contribution in [2.45, 2.75) is 13.5 Å². The first-order valence-corrected chi connectivity index (χ1v) is 5.20. The lowest BCUT2D eigenvalue weighted by molar-refractivity contribution is 0.628. The second-order valence-electron chi connectivity index (χ2n) is 3.51. The average Bonchev–Trinajstić information content (AvgIpc) is 2.64. The Bertz CT molecular complexity index is 522. The zero-order valence-electron chi connectivity index (χ0n) is 8.72. The molecule has 1 aromatic carbocycles. The fourth-order valence-corrected chi connectivity index (χ4v) is 1.74. The maximum Gasteiger partial charge on any atom is 0.141 e. The molecule has 0 saturated heterocycles. The van der Waals surface area contributed by atoms with Crippen molar-refractivity contribution in [1.29, 1.82) is 0 Å². The lowest BCUT2D eigenvalue weighted by Gasteiger charge is -2.01. The Hall–Kier alpha value is -1.39. The van der Waals surface area contributed by atoms with Gasteiger partial charge >= 0.3 is 0 Å². The van der Waals surface area contributed by atoms with Gasteiger partial charge in [-0.15, -0.1) is 0 Å². The number of nitrogens with one attached hydrogen (secondary N) is 1. The molecule has 0 bridgehead atoms. The van der Waals surface area contributed by atoms with Crippen molar-refractivity contribution in [3.63, 3.8) is 0 Å². The van der Waals surface area contributed by atoms with Gasteiger partial charge in [0, 0.05) is 12.1 Å². The minimum absolute atomic E-state index is 0.0919. The van der Waals surface area contributed by atoms with Crippen LogP contribution in [-0.4, -0.2) is 10.2 Å². The molecule has 0 aliphatic heterocycles. The molecule has 0 fully saturated rings. The predicted molar refractivity (Wildman–Crippen MR) is 61.6 cm³/mol. The van der Waals surface area contributed by atoms with Crippen LogP contribution in [0.15, 0.2) is 18.2 Å². The van der Waals surface area contributed by atoms with Crippen molar-refractivity contribution in [1.82, 2.24) is 10.2 Å². The second kappa shape index (κ2) is 4.23. The number of benzene rings is 1. The van der Waals surface area contributed by atoms with Gasteiger partial charge in [-0.1, -0.05) is 11.6 Å². The number of nitrogens with two attached hydrogens (primary N) is 1. The number of aromatic nitrogens is 2. The van der Waals surface area contributed by atoms with E-state index in [0.717, 1.165) is 22.5 Å². The molecule has 0 aliphatic carbocycles. The fraction of sp³-hybridized carbons (Fsp3) is 0.182. The molecule has 1 aromatic heterocycles. The Morgan fingerprint density at radius 1 is 1.50 bits per heavy atom. The van der Waals surface area contributed by atoms with Crippen molar-refractivity contribution in [3.05, 3.63) is 40.3 Å². The summed E-state index contributed by atoms with van der Waals surface area (Å²) in [4.78, 5) is 0. The van der Waals surface area contributed by atoms with E-state index < -0.39 is 5.82 Å². The summed E-state index contributed by atoms with van der Waals surface area (Å²) in [6.45, 7) is 2.31. The van der Waals surface area contributed by atoms with Crippen LogP contribution < -0.4 is 5.73 Å². The van der Waals surface area contributed by atoms with E-state index in [-0.39, 0.29) is 5.02 Å². The third-order valence-corrected chi connectivity index (χ3v) is 2.80. The van der Waals surface area contributed by atoms with E-state index in [0.29, 0.717) is 6.54 Å². The van der Waals surface area contributed by atoms with Gasteiger partial charge in [-0.05, 0) is 30.7 Å². The number of hydrogen-bond acceptors (Lipinski definition) is 2. The lowest BCUT2D eigenvalue weighted by atomic mass is 10.1. The van der Waals surface area contributed by atoms with Crippen molar-refractivity contribution < 1.29 is 4.39 Å². The zero-order valence-corrected chi connectivity index (χ0v) is 9.48. The molecule has 0 amide bonds. The van der Waals surface area contributed by atoms with Crippen LogP contribution in [0, 0.1) is 12.7 Å². The van der Waals surface area contributed by atoms with Crippen LogP contribution in [0.2, 0.25) is 5.02 Å². The summed E-state index contributed by atoms with van der Waals surface area (Å²) < 4.78 is 13.0. The molecule has 2 rings (SSSR count). The van der Waals surface area contributed by atoms with Gasteiger partial charge in [-0.25, -0.2) is 4.39 Å². The maximum atomic E-state index is 13.0. The monoisotopic (exact) mass is 239 g/mol. The minimum atomic E-state index is -0.433. The van der Waals surface area contributed by atoms with E-state index in [4.69, 9.17) is 17.3 Å². The quantitative estimate of drug-likeness (QED) is 0.847. The van der Waals surface area contributed by atoms with Gasteiger partial charge in [0.2, 0.25) is 0 Å². The summed E-state index contributed by atoms with van der Waals surface area (Å²) in [5.41, 5.74) is 8.90. The molecule has 5 heteroatoms. The number of H-pyrrole nitrogens is 1. The molecular formula is C11H11ClFN3. The minimum Gasteiger partial charge on any atom is -0.325 e. The van der Waals surface area contributed by atoms with Crippen LogP contribution in [0.5, 0.6) is 0 Å². The highest BCUT2D eigenvalue weighted by molar-refractivity contribution is 6.31. The van der Waals surface area contributed by atoms with Crippen molar-refractivity contribution >= 4 is 11.6 Å². The summed E-state index contributed by atoms with van der Waals surface area (Å²) in [6, 6.07) is 4.53. The van der Waals surface area contributed by atoms with Crippen molar-refractivity contribution in [3.8, 4) is 11.3 Å². The molecule has 1 heterocycles. The molecule has 84 valence electrons. The van der Waals surface area contributed by atoms with Crippen LogP contribution in [0.3, 0.4) is 0 Å². The zero-order chi connectivity index (χ0) is 11.7. The molecule has 0 aliphatic rings. The van der Waals surface area contributed by atoms with Gasteiger partial charge < -0.3 is 5.73 Å². The van der Waals surface area contributed by atoms with Gasteiger partial charge in [-0.2, -0.15) is 5.10 Å². The topological polar surface area (TPSA) is 54.7 Å². The Balaban J connectivity index is 2.50. The van der Waals surface area contributed by atoms with Gasteiger partial charge in [0.25, 0.3) is 0 Å². The van der Waals surface area contributed by atoms with Gasteiger partial charge in [0.15, 0.2) is 0 Å². The highest BCUT2D eigenvalue weighted by Gasteiger charge is 2.11. The third-order valence-electron chi connectivity index (χ3n) is 2.51. The fourth-order valence-electron chi connectivity index (χ4n) is 1.56. The molecular weight excluding hydrogens is 229 g/mol. The van der Waals surface area contributed by atoms with E-state index in [1.165, 1.54) is 6.07 Å². The lowest BCUT2D eigenvalue weighted by Crippen LogP contribution is -1.98. The number of hydrogen-bond donors (Lipinski definition) is 2. The molecule has 2 aromatic rings. The van der Waals surface area contributed by atoms with Crippen LogP contribution in [0.25, 0.3) is 11.3 Å². The Kier molecular flexibility index (Phi) is 2.94. The summed E-state index contributed by atoms with van der Waals surface area (Å²) in [5.74, 6) is -0.433. The molecule has 0 saturated carbocycles. The summed E-state index contributed by atoms with van der Waals surface area (Å²) in [5, 5.41) is 7.08. The van der Waals surface area contributed by atoms with Crippen LogP contribution in [-0.2, 0) is 6.54 Å². The standard InChI is InChI=1S/C11H11ClFN3/c1-6-10(5-14)15-16-11(6)7-2-3-9(13)8(12)4-7/h2-4H,5,14H2,1H3,(H,15,16). The molecule has 3 N–H and O–H groups in total. The summed E-state index contributed by atoms with van der Waals surface area (Å²) in [7, 11) is 0. The van der Waals surface area contributed by atoms with E-state index in [1.54, 1.807) is 12.1 Å². The maximum absolute atomic E-state index is 13.0. The van der Waals surface area contributed by atoms with Gasteiger partial charge in [-0.3, -0.25) is 5.10 Å². The van der Waals surface area contributed by atoms with Crippen LogP contribution in [0.1, 0.15) is 11.3 Å². The Labute approximate surface area is 97.4 Å². The molecule has 0 unspecified atom stereocenters. The second-order valence-corrected chi connectivity index (χ2v) is 3.92. The van der Waals surface area contributed by atoms with Gasteiger partial charge in [0.05, 0.1) is 16.4 Å². The first-order chi connectivity index (χ1) is 7.63. The van der Waals surface area contributed by atoms with E-state index in [1.807, 2.05) is 6.92 Å². The normalized spacial score (nSPS) is 10.8. The number of aromatic amines is 1. The van der Waals surface area contributed by atoms with E-state index >= 15 is 0 Å². The summed E-state index contributed by atoms with van der Waals surface area (Å²) >= 11 is 5.72. The Morgan fingerprint density at radius 3 is 2.81 bits per heavy atom. The predicted octanol–water partition coefficient (Wildman–Crippen LogP) is 2.64. The summed E-state index contributed by atoms with van der Waals surface area (Å²) in [6.07, 6.45) is 0. The van der Waals surface area contributed by atoms with Crippen LogP contribution >= 0.6 is 11.6 Å². The van der Waals surface area contributed by atoms with Crippen molar-refractivity contribution in [2.24, 2.45) is 5.73 Å². The molecule has 0 radical (unpaired) electrons. The first-order valence-electron chi connectivity index (χ1n) is 4.83. The molecule has 0 atom stereocenters.